The number of fused-ring (bicyclic) bond motifs is 1. The highest BCUT2D eigenvalue weighted by atomic mass is 16.5. The fourth-order valence-corrected chi connectivity index (χ4v) is 3.33. The number of ether oxygens (including phenoxy) is 2. The van der Waals surface area contributed by atoms with Crippen LogP contribution >= 0.6 is 0 Å². The van der Waals surface area contributed by atoms with Gasteiger partial charge in [-0.15, -0.1) is 0 Å². The van der Waals surface area contributed by atoms with Crippen LogP contribution in [0.4, 0.5) is 10.5 Å². The summed E-state index contributed by atoms with van der Waals surface area (Å²) in [5.74, 6) is 1.23. The molecule has 2 aliphatic rings. The fraction of sp³-hybridized carbons (Fsp3) is 0.562. The molecular formula is C16H22N2O4. The molecule has 6 heteroatoms. The molecular weight excluding hydrogens is 284 g/mol. The van der Waals surface area contributed by atoms with Crippen molar-refractivity contribution in [1.29, 1.82) is 0 Å². The zero-order valence-corrected chi connectivity index (χ0v) is 13.0. The summed E-state index contributed by atoms with van der Waals surface area (Å²) in [6.45, 7) is 0.475. The van der Waals surface area contributed by atoms with Crippen LogP contribution in [0.25, 0.3) is 0 Å². The van der Waals surface area contributed by atoms with Crippen molar-refractivity contribution < 1.29 is 19.4 Å². The SMILES string of the molecule is COc1cc2c(cc1OC)NC(=O)N([C@@H]1CCCC[C@H]1O)C2. The maximum absolute atomic E-state index is 12.4. The molecule has 1 aliphatic heterocycles. The van der Waals surface area contributed by atoms with Gasteiger partial charge in [0.15, 0.2) is 11.5 Å². The van der Waals surface area contributed by atoms with Crippen molar-refractivity contribution in [3.05, 3.63) is 17.7 Å². The number of carbonyl (C=O) groups is 1. The van der Waals surface area contributed by atoms with Crippen molar-refractivity contribution in [3.8, 4) is 11.5 Å². The smallest absolute Gasteiger partial charge is 0.322 e. The first kappa shape index (κ1) is 15.0. The summed E-state index contributed by atoms with van der Waals surface area (Å²) in [5.41, 5.74) is 1.71. The maximum atomic E-state index is 12.4. The molecule has 1 aliphatic carbocycles. The molecule has 0 aromatic heterocycles. The number of carbonyl (C=O) groups excluding carboxylic acids is 1. The highest BCUT2D eigenvalue weighted by Gasteiger charge is 2.35. The number of nitrogens with zero attached hydrogens (tertiary/aromatic N) is 1. The van der Waals surface area contributed by atoms with E-state index in [4.69, 9.17) is 9.47 Å². The van der Waals surface area contributed by atoms with E-state index < -0.39 is 6.10 Å². The fourth-order valence-electron chi connectivity index (χ4n) is 3.33. The van der Waals surface area contributed by atoms with Gasteiger partial charge >= 0.3 is 6.03 Å². The van der Waals surface area contributed by atoms with Crippen LogP contribution in [0.2, 0.25) is 0 Å². The molecule has 1 saturated carbocycles. The average Bonchev–Trinajstić information content (AvgIpc) is 2.53. The first-order valence-corrected chi connectivity index (χ1v) is 7.64. The Hall–Kier alpha value is -1.95. The Balaban J connectivity index is 1.89. The van der Waals surface area contributed by atoms with Crippen LogP contribution in [0.3, 0.4) is 0 Å². The number of aliphatic hydroxyl groups excluding tert-OH is 1. The quantitative estimate of drug-likeness (QED) is 0.899. The van der Waals surface area contributed by atoms with Crippen molar-refractivity contribution in [1.82, 2.24) is 4.90 Å². The van der Waals surface area contributed by atoms with Crippen LogP contribution in [0.5, 0.6) is 11.5 Å². The van der Waals surface area contributed by atoms with E-state index in [1.807, 2.05) is 6.07 Å². The van der Waals surface area contributed by atoms with E-state index in [-0.39, 0.29) is 12.1 Å². The Kier molecular flexibility index (Phi) is 4.11. The van der Waals surface area contributed by atoms with Gasteiger partial charge in [0.25, 0.3) is 0 Å². The van der Waals surface area contributed by atoms with Gasteiger partial charge in [0.05, 0.1) is 38.6 Å². The van der Waals surface area contributed by atoms with E-state index in [0.717, 1.165) is 36.9 Å². The average molecular weight is 306 g/mol. The van der Waals surface area contributed by atoms with Crippen molar-refractivity contribution in [2.24, 2.45) is 0 Å². The van der Waals surface area contributed by atoms with Gasteiger partial charge in [0.2, 0.25) is 0 Å². The Morgan fingerprint density at radius 2 is 1.86 bits per heavy atom. The predicted molar refractivity (Wildman–Crippen MR) is 82.4 cm³/mol. The molecule has 1 fully saturated rings. The second-order valence-electron chi connectivity index (χ2n) is 5.84. The van der Waals surface area contributed by atoms with Crippen molar-refractivity contribution in [3.63, 3.8) is 0 Å². The van der Waals surface area contributed by atoms with E-state index in [2.05, 4.69) is 5.32 Å². The lowest BCUT2D eigenvalue weighted by Crippen LogP contribution is -2.51. The molecule has 0 unspecified atom stereocenters. The lowest BCUT2D eigenvalue weighted by molar-refractivity contribution is 0.0357. The van der Waals surface area contributed by atoms with E-state index in [1.54, 1.807) is 25.2 Å². The Bertz CT molecular complexity index is 576. The highest BCUT2D eigenvalue weighted by Crippen LogP contribution is 2.37. The van der Waals surface area contributed by atoms with Crippen molar-refractivity contribution in [2.75, 3.05) is 19.5 Å². The Labute approximate surface area is 130 Å². The minimum Gasteiger partial charge on any atom is -0.493 e. The van der Waals surface area contributed by atoms with Gasteiger partial charge in [-0.2, -0.15) is 0 Å². The largest absolute Gasteiger partial charge is 0.493 e. The third-order valence-electron chi connectivity index (χ3n) is 4.55. The van der Waals surface area contributed by atoms with Gasteiger partial charge in [-0.25, -0.2) is 4.79 Å². The normalized spacial score (nSPS) is 24.5. The monoisotopic (exact) mass is 306 g/mol. The number of hydrogen-bond acceptors (Lipinski definition) is 4. The van der Waals surface area contributed by atoms with Crippen molar-refractivity contribution in [2.45, 2.75) is 44.4 Å². The number of hydrogen-bond donors (Lipinski definition) is 2. The summed E-state index contributed by atoms with van der Waals surface area (Å²) in [5, 5.41) is 13.1. The second-order valence-corrected chi connectivity index (χ2v) is 5.84. The Morgan fingerprint density at radius 1 is 1.18 bits per heavy atom. The molecule has 3 rings (SSSR count). The van der Waals surface area contributed by atoms with Crippen LogP contribution in [0.1, 0.15) is 31.2 Å². The van der Waals surface area contributed by atoms with Gasteiger partial charge in [0.1, 0.15) is 0 Å². The standard InChI is InChI=1S/C16H22N2O4/c1-21-14-7-10-9-18(12-5-3-4-6-13(12)19)16(20)17-11(10)8-15(14)22-2/h7-8,12-13,19H,3-6,9H2,1-2H3,(H,17,20)/t12-,13-/m1/s1. The maximum Gasteiger partial charge on any atom is 0.322 e. The van der Waals surface area contributed by atoms with E-state index in [1.165, 1.54) is 0 Å². The van der Waals surface area contributed by atoms with Gasteiger partial charge < -0.3 is 24.8 Å². The summed E-state index contributed by atoms with van der Waals surface area (Å²) >= 11 is 0. The number of urea groups is 1. The summed E-state index contributed by atoms with van der Waals surface area (Å²) in [6, 6.07) is 3.39. The number of benzene rings is 1. The van der Waals surface area contributed by atoms with Gasteiger partial charge in [0, 0.05) is 6.07 Å². The first-order valence-electron chi connectivity index (χ1n) is 7.64. The molecule has 2 N–H and O–H groups in total. The molecule has 0 bridgehead atoms. The number of amides is 2. The molecule has 6 nitrogen and oxygen atoms in total. The lowest BCUT2D eigenvalue weighted by atomic mass is 9.90. The molecule has 1 aromatic carbocycles. The highest BCUT2D eigenvalue weighted by molar-refractivity contribution is 5.93. The van der Waals surface area contributed by atoms with Crippen molar-refractivity contribution >= 4 is 11.7 Å². The number of aliphatic hydroxyl groups is 1. The molecule has 120 valence electrons. The molecule has 2 atom stereocenters. The molecule has 2 amide bonds. The van der Waals surface area contributed by atoms with E-state index >= 15 is 0 Å². The molecule has 0 radical (unpaired) electrons. The summed E-state index contributed by atoms with van der Waals surface area (Å²) in [4.78, 5) is 14.1. The molecule has 22 heavy (non-hydrogen) atoms. The Morgan fingerprint density at radius 3 is 2.55 bits per heavy atom. The second kappa shape index (κ2) is 6.04. The van der Waals surface area contributed by atoms with Gasteiger partial charge in [-0.3, -0.25) is 0 Å². The predicted octanol–water partition coefficient (Wildman–Crippen LogP) is 2.35. The minimum atomic E-state index is -0.443. The van der Waals surface area contributed by atoms with E-state index in [9.17, 15) is 9.90 Å². The zero-order valence-electron chi connectivity index (χ0n) is 13.0. The number of anilines is 1. The lowest BCUT2D eigenvalue weighted by Gasteiger charge is -2.40. The number of methoxy groups -OCH3 is 2. The minimum absolute atomic E-state index is 0.116. The van der Waals surface area contributed by atoms with Gasteiger partial charge in [-0.1, -0.05) is 12.8 Å². The summed E-state index contributed by atoms with van der Waals surface area (Å²) in [6.07, 6.45) is 3.23. The van der Waals surface area contributed by atoms with Crippen LogP contribution in [-0.4, -0.2) is 42.4 Å². The number of nitrogens with one attached hydrogen (secondary N) is 1. The van der Waals surface area contributed by atoms with Gasteiger partial charge in [-0.05, 0) is 24.5 Å². The van der Waals surface area contributed by atoms with Crippen LogP contribution < -0.4 is 14.8 Å². The molecule has 1 heterocycles. The molecule has 0 spiro atoms. The first-order chi connectivity index (χ1) is 10.6. The summed E-state index contributed by atoms with van der Waals surface area (Å²) < 4.78 is 10.6. The number of rotatable bonds is 3. The third kappa shape index (κ3) is 2.59. The van der Waals surface area contributed by atoms with E-state index in [0.29, 0.717) is 18.0 Å². The zero-order chi connectivity index (χ0) is 15.7. The third-order valence-corrected chi connectivity index (χ3v) is 4.55. The molecule has 0 saturated heterocycles. The topological polar surface area (TPSA) is 71.0 Å². The molecule has 1 aromatic rings. The van der Waals surface area contributed by atoms with Crippen LogP contribution in [-0.2, 0) is 6.54 Å². The van der Waals surface area contributed by atoms with Crippen LogP contribution in [0.15, 0.2) is 12.1 Å². The summed E-state index contributed by atoms with van der Waals surface area (Å²) in [7, 11) is 3.16. The van der Waals surface area contributed by atoms with Crippen LogP contribution in [0, 0.1) is 0 Å².